The number of benzene rings is 3. The standard InChI is InChI=1S/C26H26N2O6S/c1-19-12-14-21(15-13-19)35(31,32)27(16-20-8-4-3-5-9-20)18-25(29)28-17-24(26(30)33-2)34-23-11-7-6-10-22(23)28/h3-15,24H,16-18H2,1-2H3. The molecule has 3 aromatic rings. The van der Waals surface area contributed by atoms with Crippen LogP contribution in [0.2, 0.25) is 0 Å². The number of amides is 1. The van der Waals surface area contributed by atoms with E-state index in [4.69, 9.17) is 9.47 Å². The number of anilines is 1. The van der Waals surface area contributed by atoms with Crippen LogP contribution in [0.4, 0.5) is 5.69 Å². The summed E-state index contributed by atoms with van der Waals surface area (Å²) in [5.74, 6) is -0.759. The van der Waals surface area contributed by atoms with Crippen molar-refractivity contribution in [3.8, 4) is 5.75 Å². The normalized spacial score (nSPS) is 15.3. The minimum absolute atomic E-state index is 0.00913. The molecule has 1 heterocycles. The Bertz CT molecular complexity index is 1310. The molecule has 9 heteroatoms. The predicted octanol–water partition coefficient (Wildman–Crippen LogP) is 3.15. The molecule has 1 aliphatic heterocycles. The van der Waals surface area contributed by atoms with Crippen molar-refractivity contribution in [2.24, 2.45) is 0 Å². The molecule has 0 saturated heterocycles. The molecule has 0 spiro atoms. The van der Waals surface area contributed by atoms with Crippen molar-refractivity contribution in [2.75, 3.05) is 25.1 Å². The van der Waals surface area contributed by atoms with E-state index in [0.29, 0.717) is 11.4 Å². The van der Waals surface area contributed by atoms with Crippen LogP contribution >= 0.6 is 0 Å². The summed E-state index contributed by atoms with van der Waals surface area (Å²) in [6.45, 7) is 1.37. The van der Waals surface area contributed by atoms with Gasteiger partial charge in [0.05, 0.1) is 30.8 Å². The van der Waals surface area contributed by atoms with Crippen molar-refractivity contribution >= 4 is 27.6 Å². The van der Waals surface area contributed by atoms with Gasteiger partial charge in [0.2, 0.25) is 22.0 Å². The molecule has 3 aromatic carbocycles. The van der Waals surface area contributed by atoms with Gasteiger partial charge in [0.15, 0.2) is 0 Å². The first-order chi connectivity index (χ1) is 16.8. The Labute approximate surface area is 204 Å². The fraction of sp³-hybridized carbons (Fsp3) is 0.231. The number of fused-ring (bicyclic) bond motifs is 1. The highest BCUT2D eigenvalue weighted by atomic mass is 32.2. The number of carbonyl (C=O) groups excluding carboxylic acids is 2. The van der Waals surface area contributed by atoms with Crippen LogP contribution in [0.3, 0.4) is 0 Å². The van der Waals surface area contributed by atoms with Gasteiger partial charge >= 0.3 is 5.97 Å². The monoisotopic (exact) mass is 494 g/mol. The molecule has 1 amide bonds. The third-order valence-corrected chi connectivity index (χ3v) is 7.52. The zero-order valence-corrected chi connectivity index (χ0v) is 20.3. The molecule has 0 bridgehead atoms. The van der Waals surface area contributed by atoms with Crippen LogP contribution in [0.15, 0.2) is 83.8 Å². The Morgan fingerprint density at radius 1 is 1.00 bits per heavy atom. The smallest absolute Gasteiger partial charge is 0.348 e. The number of carbonyl (C=O) groups is 2. The highest BCUT2D eigenvalue weighted by Crippen LogP contribution is 2.34. The molecule has 4 rings (SSSR count). The third-order valence-electron chi connectivity index (χ3n) is 5.71. The van der Waals surface area contributed by atoms with Crippen molar-refractivity contribution < 1.29 is 27.5 Å². The number of nitrogens with zero attached hydrogens (tertiary/aromatic N) is 2. The summed E-state index contributed by atoms with van der Waals surface area (Å²) >= 11 is 0. The van der Waals surface area contributed by atoms with E-state index < -0.39 is 34.5 Å². The van der Waals surface area contributed by atoms with Crippen molar-refractivity contribution in [1.82, 2.24) is 4.31 Å². The molecule has 0 aliphatic carbocycles. The average Bonchev–Trinajstić information content (AvgIpc) is 2.88. The fourth-order valence-corrected chi connectivity index (χ4v) is 5.21. The summed E-state index contributed by atoms with van der Waals surface area (Å²) in [6, 6.07) is 22.4. The van der Waals surface area contributed by atoms with E-state index in [9.17, 15) is 18.0 Å². The second-order valence-electron chi connectivity index (χ2n) is 8.17. The van der Waals surface area contributed by atoms with E-state index in [2.05, 4.69) is 0 Å². The highest BCUT2D eigenvalue weighted by Gasteiger charge is 2.36. The molecular formula is C26H26N2O6S. The van der Waals surface area contributed by atoms with E-state index in [1.54, 1.807) is 48.5 Å². The number of hydrogen-bond donors (Lipinski definition) is 0. The summed E-state index contributed by atoms with van der Waals surface area (Å²) in [7, 11) is -2.75. The van der Waals surface area contributed by atoms with E-state index in [0.717, 1.165) is 15.4 Å². The van der Waals surface area contributed by atoms with Crippen LogP contribution in [0, 0.1) is 6.92 Å². The maximum atomic E-state index is 13.6. The largest absolute Gasteiger partial charge is 0.475 e. The molecule has 1 unspecified atom stereocenters. The van der Waals surface area contributed by atoms with Gasteiger partial charge in [-0.05, 0) is 36.8 Å². The van der Waals surface area contributed by atoms with E-state index in [1.165, 1.54) is 24.1 Å². The molecule has 182 valence electrons. The van der Waals surface area contributed by atoms with Gasteiger partial charge in [-0.2, -0.15) is 4.31 Å². The summed E-state index contributed by atoms with van der Waals surface area (Å²) in [5.41, 5.74) is 2.13. The van der Waals surface area contributed by atoms with Gasteiger partial charge < -0.3 is 14.4 Å². The number of rotatable bonds is 7. The molecule has 0 saturated carbocycles. The van der Waals surface area contributed by atoms with Gasteiger partial charge in [0.1, 0.15) is 5.75 Å². The van der Waals surface area contributed by atoms with Crippen LogP contribution < -0.4 is 9.64 Å². The van der Waals surface area contributed by atoms with Crippen molar-refractivity contribution in [3.63, 3.8) is 0 Å². The molecule has 0 aromatic heterocycles. The highest BCUT2D eigenvalue weighted by molar-refractivity contribution is 7.89. The van der Waals surface area contributed by atoms with E-state index in [-0.39, 0.29) is 18.0 Å². The van der Waals surface area contributed by atoms with Crippen LogP contribution in [-0.4, -0.2) is 50.9 Å². The molecule has 8 nitrogen and oxygen atoms in total. The lowest BCUT2D eigenvalue weighted by atomic mass is 10.2. The first-order valence-corrected chi connectivity index (χ1v) is 12.5. The van der Waals surface area contributed by atoms with Crippen LogP contribution in [0.1, 0.15) is 11.1 Å². The number of aryl methyl sites for hydroxylation is 1. The molecule has 35 heavy (non-hydrogen) atoms. The van der Waals surface area contributed by atoms with Gasteiger partial charge in [-0.1, -0.05) is 60.2 Å². The van der Waals surface area contributed by atoms with Crippen LogP contribution in [-0.2, 0) is 30.9 Å². The third kappa shape index (κ3) is 5.36. The SMILES string of the molecule is COC(=O)C1CN(C(=O)CN(Cc2ccccc2)S(=O)(=O)c2ccc(C)cc2)c2ccccc2O1. The summed E-state index contributed by atoms with van der Waals surface area (Å²) < 4.78 is 38.8. The lowest BCUT2D eigenvalue weighted by Gasteiger charge is -2.34. The molecule has 1 aliphatic rings. The second kappa shape index (κ2) is 10.3. The fourth-order valence-electron chi connectivity index (χ4n) is 3.83. The average molecular weight is 495 g/mol. The number of methoxy groups -OCH3 is 1. The summed E-state index contributed by atoms with van der Waals surface area (Å²) in [5, 5.41) is 0. The topological polar surface area (TPSA) is 93.2 Å². The van der Waals surface area contributed by atoms with Gasteiger partial charge in [0.25, 0.3) is 0 Å². The van der Waals surface area contributed by atoms with Crippen LogP contribution in [0.25, 0.3) is 0 Å². The number of para-hydroxylation sites is 2. The zero-order valence-electron chi connectivity index (χ0n) is 19.5. The number of sulfonamides is 1. The van der Waals surface area contributed by atoms with Crippen molar-refractivity contribution in [1.29, 1.82) is 0 Å². The second-order valence-corrected chi connectivity index (χ2v) is 10.1. The van der Waals surface area contributed by atoms with Crippen molar-refractivity contribution in [3.05, 3.63) is 90.0 Å². The van der Waals surface area contributed by atoms with E-state index in [1.807, 2.05) is 25.1 Å². The Hall–Kier alpha value is -3.69. The Balaban J connectivity index is 1.67. The summed E-state index contributed by atoms with van der Waals surface area (Å²) in [6.07, 6.45) is -1.02. The van der Waals surface area contributed by atoms with Gasteiger partial charge in [0, 0.05) is 6.54 Å². The molecular weight excluding hydrogens is 468 g/mol. The van der Waals surface area contributed by atoms with Crippen LogP contribution in [0.5, 0.6) is 5.75 Å². The molecule has 0 fully saturated rings. The number of esters is 1. The Morgan fingerprint density at radius 2 is 1.66 bits per heavy atom. The van der Waals surface area contributed by atoms with E-state index >= 15 is 0 Å². The Kier molecular flexibility index (Phi) is 7.18. The molecule has 0 radical (unpaired) electrons. The first kappa shape index (κ1) is 24.4. The lowest BCUT2D eigenvalue weighted by Crippen LogP contribution is -2.50. The zero-order chi connectivity index (χ0) is 25.0. The first-order valence-electron chi connectivity index (χ1n) is 11.0. The summed E-state index contributed by atoms with van der Waals surface area (Å²) in [4.78, 5) is 27.2. The lowest BCUT2D eigenvalue weighted by molar-refractivity contribution is -0.148. The minimum Gasteiger partial charge on any atom is -0.475 e. The van der Waals surface area contributed by atoms with Gasteiger partial charge in [-0.15, -0.1) is 0 Å². The quantitative estimate of drug-likeness (QED) is 0.469. The molecule has 1 atom stereocenters. The van der Waals surface area contributed by atoms with Crippen molar-refractivity contribution in [2.45, 2.75) is 24.5 Å². The Morgan fingerprint density at radius 3 is 2.34 bits per heavy atom. The minimum atomic E-state index is -4.00. The number of ether oxygens (including phenoxy) is 2. The van der Waals surface area contributed by atoms with Gasteiger partial charge in [-0.25, -0.2) is 13.2 Å². The predicted molar refractivity (Wildman–Crippen MR) is 130 cm³/mol. The molecule has 0 N–H and O–H groups in total. The van der Waals surface area contributed by atoms with Gasteiger partial charge in [-0.3, -0.25) is 4.79 Å². The number of hydrogen-bond acceptors (Lipinski definition) is 6. The maximum absolute atomic E-state index is 13.6. The maximum Gasteiger partial charge on any atom is 0.348 e.